The highest BCUT2D eigenvalue weighted by atomic mass is 35.5. The Bertz CT molecular complexity index is 1390. The third-order valence-corrected chi connectivity index (χ3v) is 7.68. The number of aromatic nitrogens is 1. The molecule has 4 N–H and O–H groups in total. The highest BCUT2D eigenvalue weighted by Crippen LogP contribution is 2.34. The smallest absolute Gasteiger partial charge is 0.237 e. The lowest BCUT2D eigenvalue weighted by Crippen LogP contribution is -2.19. The fraction of sp³-hybridized carbons (Fsp3) is 0.0417. The number of nitrogens with zero attached hydrogens (tertiary/aromatic N) is 1. The van der Waals surface area contributed by atoms with Gasteiger partial charge in [-0.05, 0) is 48.5 Å². The number of amides is 1. The van der Waals surface area contributed by atoms with E-state index in [0.29, 0.717) is 21.4 Å². The molecule has 0 radical (unpaired) electrons. The first kappa shape index (κ1) is 24.9. The number of carbonyl (C=O) groups is 2. The first-order valence-corrected chi connectivity index (χ1v) is 13.1. The van der Waals surface area contributed by atoms with Gasteiger partial charge in [0.05, 0.1) is 26.4 Å². The zero-order valence-electron chi connectivity index (χ0n) is 18.0. The van der Waals surface area contributed by atoms with Crippen molar-refractivity contribution in [1.82, 2.24) is 4.98 Å². The molecule has 1 atom stereocenters. The van der Waals surface area contributed by atoms with E-state index in [1.807, 2.05) is 6.07 Å². The van der Waals surface area contributed by atoms with Crippen molar-refractivity contribution >= 4 is 79.4 Å². The molecule has 1 amide bonds. The van der Waals surface area contributed by atoms with Gasteiger partial charge in [0.15, 0.2) is 5.13 Å². The molecule has 0 aliphatic rings. The fourth-order valence-electron chi connectivity index (χ4n) is 3.11. The number of thiazole rings is 1. The van der Waals surface area contributed by atoms with Crippen LogP contribution in [0.25, 0.3) is 0 Å². The summed E-state index contributed by atoms with van der Waals surface area (Å²) in [5, 5.41) is 6.64. The van der Waals surface area contributed by atoms with Crippen LogP contribution in [-0.4, -0.2) is 26.6 Å². The van der Waals surface area contributed by atoms with Gasteiger partial charge >= 0.3 is 0 Å². The van der Waals surface area contributed by atoms with E-state index in [1.165, 1.54) is 0 Å². The number of hydrogen-bond donors (Lipinski definition) is 3. The van der Waals surface area contributed by atoms with Crippen molar-refractivity contribution in [1.29, 1.82) is 0 Å². The van der Waals surface area contributed by atoms with Crippen LogP contribution in [0.1, 0.15) is 15.2 Å². The van der Waals surface area contributed by atoms with E-state index >= 15 is 0 Å². The molecule has 1 unspecified atom stereocenters. The molecule has 3 aromatic carbocycles. The van der Waals surface area contributed by atoms with Crippen molar-refractivity contribution in [3.8, 4) is 0 Å². The van der Waals surface area contributed by atoms with Crippen molar-refractivity contribution in [3.05, 3.63) is 93.3 Å². The molecule has 0 fully saturated rings. The van der Waals surface area contributed by atoms with E-state index in [1.54, 1.807) is 66.7 Å². The van der Waals surface area contributed by atoms with E-state index < -0.39 is 16.6 Å². The molecule has 0 aliphatic carbocycles. The largest absolute Gasteiger partial charge is 0.382 e. The van der Waals surface area contributed by atoms with Gasteiger partial charge in [-0.15, -0.1) is 0 Å². The van der Waals surface area contributed by atoms with Crippen LogP contribution in [0.15, 0.2) is 77.7 Å². The molecule has 1 heterocycles. The molecule has 1 aromatic heterocycles. The summed E-state index contributed by atoms with van der Waals surface area (Å²) in [4.78, 5) is 30.0. The average molecular weight is 545 g/mol. The van der Waals surface area contributed by atoms with E-state index in [-0.39, 0.29) is 38.0 Å². The van der Waals surface area contributed by atoms with Gasteiger partial charge in [-0.3, -0.25) is 13.8 Å². The van der Waals surface area contributed by atoms with Crippen molar-refractivity contribution in [3.63, 3.8) is 0 Å². The highest BCUT2D eigenvalue weighted by Gasteiger charge is 2.22. The number of nitrogen functional groups attached to an aromatic ring is 1. The average Bonchev–Trinajstić information content (AvgIpc) is 3.19. The van der Waals surface area contributed by atoms with Crippen LogP contribution >= 0.6 is 34.5 Å². The Kier molecular flexibility index (Phi) is 7.82. The maximum absolute atomic E-state index is 12.9. The van der Waals surface area contributed by atoms with Crippen LogP contribution in [0.4, 0.5) is 22.3 Å². The molecule has 0 aliphatic heterocycles. The van der Waals surface area contributed by atoms with Crippen LogP contribution in [0.2, 0.25) is 10.0 Å². The normalized spacial score (nSPS) is 11.6. The molecular formula is C24H18Cl2N4O3S2. The summed E-state index contributed by atoms with van der Waals surface area (Å²) in [6.07, 6.45) is 0. The maximum Gasteiger partial charge on any atom is 0.237 e. The van der Waals surface area contributed by atoms with Crippen LogP contribution < -0.4 is 16.4 Å². The summed E-state index contributed by atoms with van der Waals surface area (Å²) in [7, 11) is -1.52. The first-order valence-electron chi connectivity index (χ1n) is 10.2. The van der Waals surface area contributed by atoms with E-state index in [4.69, 9.17) is 28.9 Å². The Morgan fingerprint density at radius 3 is 2.23 bits per heavy atom. The third kappa shape index (κ3) is 6.07. The van der Waals surface area contributed by atoms with Crippen molar-refractivity contribution in [2.24, 2.45) is 0 Å². The minimum atomic E-state index is -1.52. The molecule has 0 saturated heterocycles. The standard InChI is InChI=1S/C24H18Cl2N4O3S2/c25-17-7-4-8-18(26)20(17)21(32)22-23(27)30-24(34-22)29-15-9-11-16(12-10-15)35(33)13-19(31)28-14-5-2-1-3-6-14/h1-12H,13,27H2,(H,28,31)(H,29,30). The van der Waals surface area contributed by atoms with Gasteiger partial charge in [-0.1, -0.05) is 58.8 Å². The fourth-order valence-corrected chi connectivity index (χ4v) is 5.45. The van der Waals surface area contributed by atoms with Gasteiger partial charge in [0.1, 0.15) is 16.4 Å². The SMILES string of the molecule is Nc1nc(Nc2ccc(S(=O)CC(=O)Nc3ccccc3)cc2)sc1C(=O)c1c(Cl)cccc1Cl. The van der Waals surface area contributed by atoms with Crippen molar-refractivity contribution in [2.45, 2.75) is 4.90 Å². The molecule has 35 heavy (non-hydrogen) atoms. The van der Waals surface area contributed by atoms with Crippen LogP contribution in [-0.2, 0) is 15.6 Å². The third-order valence-electron chi connectivity index (χ3n) is 4.74. The van der Waals surface area contributed by atoms with Gasteiger partial charge in [0.2, 0.25) is 11.7 Å². The highest BCUT2D eigenvalue weighted by molar-refractivity contribution is 7.85. The number of para-hydroxylation sites is 1. The summed E-state index contributed by atoms with van der Waals surface area (Å²) < 4.78 is 12.6. The summed E-state index contributed by atoms with van der Waals surface area (Å²) in [6.45, 7) is 0. The zero-order valence-corrected chi connectivity index (χ0v) is 21.1. The number of halogens is 2. The van der Waals surface area contributed by atoms with Gasteiger partial charge in [-0.2, -0.15) is 0 Å². The predicted octanol–water partition coefficient (Wildman–Crippen LogP) is 5.75. The molecule has 0 bridgehead atoms. The van der Waals surface area contributed by atoms with Gasteiger partial charge in [0.25, 0.3) is 0 Å². The van der Waals surface area contributed by atoms with Gasteiger partial charge in [-0.25, -0.2) is 4.98 Å². The lowest BCUT2D eigenvalue weighted by molar-refractivity contribution is -0.113. The molecule has 178 valence electrons. The lowest BCUT2D eigenvalue weighted by Gasteiger charge is -2.07. The Morgan fingerprint density at radius 1 is 0.914 bits per heavy atom. The lowest BCUT2D eigenvalue weighted by atomic mass is 10.1. The second kappa shape index (κ2) is 11.0. The van der Waals surface area contributed by atoms with Gasteiger partial charge in [0, 0.05) is 16.3 Å². The molecule has 0 spiro atoms. The number of nitrogens with two attached hydrogens (primary N) is 1. The molecule has 0 saturated carbocycles. The first-order chi connectivity index (χ1) is 16.8. The van der Waals surface area contributed by atoms with Crippen LogP contribution in [0.5, 0.6) is 0 Å². The van der Waals surface area contributed by atoms with Gasteiger partial charge < -0.3 is 16.4 Å². The maximum atomic E-state index is 12.9. The quantitative estimate of drug-likeness (QED) is 0.243. The summed E-state index contributed by atoms with van der Waals surface area (Å²) in [6, 6.07) is 20.5. The molecule has 7 nitrogen and oxygen atoms in total. The number of rotatable bonds is 8. The van der Waals surface area contributed by atoms with Crippen LogP contribution in [0.3, 0.4) is 0 Å². The Labute approximate surface area is 217 Å². The Balaban J connectivity index is 1.41. The molecular weight excluding hydrogens is 527 g/mol. The van der Waals surface area contributed by atoms with E-state index in [0.717, 1.165) is 11.3 Å². The summed E-state index contributed by atoms with van der Waals surface area (Å²) >= 11 is 13.4. The number of nitrogens with one attached hydrogen (secondary N) is 2. The minimum Gasteiger partial charge on any atom is -0.382 e. The summed E-state index contributed by atoms with van der Waals surface area (Å²) in [5.41, 5.74) is 7.43. The minimum absolute atomic E-state index is 0.0561. The van der Waals surface area contributed by atoms with E-state index in [9.17, 15) is 13.8 Å². The number of anilines is 4. The number of carbonyl (C=O) groups excluding carboxylic acids is 2. The number of ketones is 1. The van der Waals surface area contributed by atoms with Crippen molar-refractivity contribution in [2.75, 3.05) is 22.1 Å². The topological polar surface area (TPSA) is 114 Å². The second-order valence-corrected chi connectivity index (χ2v) is 10.5. The van der Waals surface area contributed by atoms with E-state index in [2.05, 4.69) is 15.6 Å². The second-order valence-electron chi connectivity index (χ2n) is 7.21. The van der Waals surface area contributed by atoms with Crippen LogP contribution in [0, 0.1) is 0 Å². The zero-order chi connectivity index (χ0) is 24.9. The Morgan fingerprint density at radius 2 is 1.57 bits per heavy atom. The molecule has 4 aromatic rings. The summed E-state index contributed by atoms with van der Waals surface area (Å²) in [5.74, 6) is -0.865. The molecule has 11 heteroatoms. The number of benzene rings is 3. The number of hydrogen-bond acceptors (Lipinski definition) is 7. The predicted molar refractivity (Wildman–Crippen MR) is 142 cm³/mol. The van der Waals surface area contributed by atoms with Crippen molar-refractivity contribution < 1.29 is 13.8 Å². The monoisotopic (exact) mass is 544 g/mol. The molecule has 4 rings (SSSR count). The Hall–Kier alpha value is -3.24.